The number of nitrogens with zero attached hydrogens (tertiary/aromatic N) is 1. The highest BCUT2D eigenvalue weighted by molar-refractivity contribution is 6.00. The van der Waals surface area contributed by atoms with Gasteiger partial charge in [0.05, 0.1) is 0 Å². The second kappa shape index (κ2) is 3.50. The van der Waals surface area contributed by atoms with Gasteiger partial charge in [0.1, 0.15) is 12.2 Å². The summed E-state index contributed by atoms with van der Waals surface area (Å²) < 4.78 is 0. The van der Waals surface area contributed by atoms with Crippen molar-refractivity contribution in [2.75, 3.05) is 7.05 Å². The molecule has 2 atom stereocenters. The second-order valence-corrected chi connectivity index (χ2v) is 2.86. The highest BCUT2D eigenvalue weighted by atomic mass is 16.2. The van der Waals surface area contributed by atoms with Crippen LogP contribution in [-0.4, -0.2) is 42.1 Å². The van der Waals surface area contributed by atoms with E-state index in [1.54, 1.807) is 0 Å². The van der Waals surface area contributed by atoms with Crippen LogP contribution in [0.3, 0.4) is 0 Å². The van der Waals surface area contributed by atoms with Gasteiger partial charge in [-0.15, -0.1) is 0 Å². The number of nitrogens with one attached hydrogen (secondary N) is 2. The van der Waals surface area contributed by atoms with Gasteiger partial charge in [-0.2, -0.15) is 0 Å². The number of amides is 5. The Balaban J connectivity index is 2.75. The molecule has 0 aromatic heterocycles. The third-order valence-electron chi connectivity index (χ3n) is 1.86. The van der Waals surface area contributed by atoms with E-state index in [0.29, 0.717) is 0 Å². The SMILES string of the molecule is CN1C(=O)N[C@H](NC(N)=O)[C@H](N)C1=O. The van der Waals surface area contributed by atoms with Crippen LogP contribution < -0.4 is 22.1 Å². The molecule has 0 aliphatic carbocycles. The Kier molecular flexibility index (Phi) is 2.56. The van der Waals surface area contributed by atoms with Crippen LogP contribution in [0.15, 0.2) is 0 Å². The maximum atomic E-state index is 11.3. The minimum absolute atomic E-state index is 0.576. The lowest BCUT2D eigenvalue weighted by molar-refractivity contribution is -0.130. The Morgan fingerprint density at radius 2 is 2.14 bits per heavy atom. The number of carbonyl (C=O) groups excluding carboxylic acids is 3. The molecule has 0 spiro atoms. The van der Waals surface area contributed by atoms with Crippen molar-refractivity contribution in [3.8, 4) is 0 Å². The van der Waals surface area contributed by atoms with Crippen LogP contribution in [0, 0.1) is 0 Å². The number of nitrogens with two attached hydrogens (primary N) is 2. The van der Waals surface area contributed by atoms with Crippen LogP contribution in [-0.2, 0) is 4.79 Å². The summed E-state index contributed by atoms with van der Waals surface area (Å²) in [4.78, 5) is 33.7. The number of hydrogen-bond donors (Lipinski definition) is 4. The highest BCUT2D eigenvalue weighted by Crippen LogP contribution is 2.02. The Bertz CT molecular complexity index is 291. The van der Waals surface area contributed by atoms with Gasteiger partial charge in [-0.05, 0) is 0 Å². The third kappa shape index (κ3) is 1.74. The monoisotopic (exact) mass is 201 g/mol. The van der Waals surface area contributed by atoms with Crippen LogP contribution in [0.25, 0.3) is 0 Å². The molecule has 14 heavy (non-hydrogen) atoms. The predicted octanol–water partition coefficient (Wildman–Crippen LogP) is -2.51. The fourth-order valence-electron chi connectivity index (χ4n) is 1.07. The molecule has 0 unspecified atom stereocenters. The zero-order valence-electron chi connectivity index (χ0n) is 7.48. The summed E-state index contributed by atoms with van der Waals surface area (Å²) >= 11 is 0. The van der Waals surface area contributed by atoms with Gasteiger partial charge in [-0.3, -0.25) is 9.69 Å². The molecule has 0 saturated carbocycles. The number of likely N-dealkylation sites (N-methyl/N-ethyl adjacent to an activating group) is 1. The van der Waals surface area contributed by atoms with Gasteiger partial charge in [0.25, 0.3) is 5.91 Å². The van der Waals surface area contributed by atoms with Gasteiger partial charge in [-0.1, -0.05) is 0 Å². The van der Waals surface area contributed by atoms with Gasteiger partial charge < -0.3 is 22.1 Å². The summed E-state index contributed by atoms with van der Waals surface area (Å²) in [5.41, 5.74) is 10.3. The first-order valence-electron chi connectivity index (χ1n) is 3.83. The lowest BCUT2D eigenvalue weighted by Crippen LogP contribution is -2.70. The Hall–Kier alpha value is -1.83. The van der Waals surface area contributed by atoms with Crippen LogP contribution in [0.1, 0.15) is 0 Å². The van der Waals surface area contributed by atoms with Crippen LogP contribution in [0.5, 0.6) is 0 Å². The molecule has 1 saturated heterocycles. The number of hydrogen-bond acceptors (Lipinski definition) is 4. The number of carbonyl (C=O) groups is 3. The van der Waals surface area contributed by atoms with Gasteiger partial charge in [0.2, 0.25) is 0 Å². The van der Waals surface area contributed by atoms with E-state index in [0.717, 1.165) is 4.90 Å². The van der Waals surface area contributed by atoms with Crippen molar-refractivity contribution in [1.29, 1.82) is 0 Å². The minimum Gasteiger partial charge on any atom is -0.352 e. The zero-order valence-corrected chi connectivity index (χ0v) is 7.48. The molecule has 0 aromatic rings. The van der Waals surface area contributed by atoms with E-state index in [-0.39, 0.29) is 0 Å². The first-order valence-corrected chi connectivity index (χ1v) is 3.83. The van der Waals surface area contributed by atoms with E-state index < -0.39 is 30.2 Å². The average molecular weight is 201 g/mol. The maximum Gasteiger partial charge on any atom is 0.325 e. The quantitative estimate of drug-likeness (QED) is 0.373. The lowest BCUT2D eigenvalue weighted by Gasteiger charge is -2.33. The normalized spacial score (nSPS) is 27.1. The molecular weight excluding hydrogens is 190 g/mol. The van der Waals surface area contributed by atoms with E-state index in [4.69, 9.17) is 11.5 Å². The molecule has 0 aromatic carbocycles. The Labute approximate surface area is 79.6 Å². The smallest absolute Gasteiger partial charge is 0.325 e. The standard InChI is InChI=1S/C6H11N5O3/c1-11-4(12)2(7)3(9-5(8)13)10-6(11)14/h2-3H,7H2,1H3,(H,10,14)(H3,8,9,13)/t2-,3-/m0/s1. The molecular formula is C6H11N5O3. The minimum atomic E-state index is -1.02. The summed E-state index contributed by atoms with van der Waals surface area (Å²) in [7, 11) is 1.29. The molecule has 1 fully saturated rings. The molecule has 0 bridgehead atoms. The molecule has 6 N–H and O–H groups in total. The van der Waals surface area contributed by atoms with Crippen molar-refractivity contribution in [2.45, 2.75) is 12.2 Å². The molecule has 8 nitrogen and oxygen atoms in total. The summed E-state index contributed by atoms with van der Waals surface area (Å²) in [5, 5.41) is 4.45. The van der Waals surface area contributed by atoms with Crippen LogP contribution >= 0.6 is 0 Å². The molecule has 5 amide bonds. The Morgan fingerprint density at radius 1 is 1.57 bits per heavy atom. The van der Waals surface area contributed by atoms with Crippen molar-refractivity contribution < 1.29 is 14.4 Å². The first kappa shape index (κ1) is 10.3. The maximum absolute atomic E-state index is 11.3. The van der Waals surface area contributed by atoms with Gasteiger partial charge in [-0.25, -0.2) is 9.59 Å². The van der Waals surface area contributed by atoms with Crippen molar-refractivity contribution in [2.24, 2.45) is 11.5 Å². The van der Waals surface area contributed by atoms with Gasteiger partial charge in [0, 0.05) is 7.05 Å². The van der Waals surface area contributed by atoms with E-state index in [9.17, 15) is 14.4 Å². The number of imide groups is 1. The largest absolute Gasteiger partial charge is 0.352 e. The fourth-order valence-corrected chi connectivity index (χ4v) is 1.07. The van der Waals surface area contributed by atoms with E-state index >= 15 is 0 Å². The van der Waals surface area contributed by atoms with Crippen LogP contribution in [0.4, 0.5) is 9.59 Å². The number of primary amides is 1. The molecule has 8 heteroatoms. The highest BCUT2D eigenvalue weighted by Gasteiger charge is 2.37. The Morgan fingerprint density at radius 3 is 2.64 bits per heavy atom. The van der Waals surface area contributed by atoms with E-state index in [1.165, 1.54) is 7.05 Å². The summed E-state index contributed by atoms with van der Waals surface area (Å²) in [6.07, 6.45) is -0.955. The topological polar surface area (TPSA) is 131 Å². The van der Waals surface area contributed by atoms with Gasteiger partial charge in [0.15, 0.2) is 0 Å². The summed E-state index contributed by atoms with van der Waals surface area (Å²) in [6, 6.07) is -2.51. The molecule has 1 heterocycles. The summed E-state index contributed by atoms with van der Waals surface area (Å²) in [6.45, 7) is 0. The molecule has 1 aliphatic rings. The molecule has 1 aliphatic heterocycles. The zero-order chi connectivity index (χ0) is 10.9. The van der Waals surface area contributed by atoms with Gasteiger partial charge >= 0.3 is 12.1 Å². The first-order chi connectivity index (χ1) is 6.43. The lowest BCUT2D eigenvalue weighted by atomic mass is 10.2. The van der Waals surface area contributed by atoms with Crippen LogP contribution in [0.2, 0.25) is 0 Å². The number of urea groups is 2. The van der Waals surface area contributed by atoms with Crippen molar-refractivity contribution in [1.82, 2.24) is 15.5 Å². The van der Waals surface area contributed by atoms with Crippen molar-refractivity contribution >= 4 is 18.0 Å². The molecule has 1 rings (SSSR count). The fraction of sp³-hybridized carbons (Fsp3) is 0.500. The summed E-state index contributed by atoms with van der Waals surface area (Å²) in [5.74, 6) is -0.576. The van der Waals surface area contributed by atoms with Crippen molar-refractivity contribution in [3.63, 3.8) is 0 Å². The van der Waals surface area contributed by atoms with Crippen molar-refractivity contribution in [3.05, 3.63) is 0 Å². The number of rotatable bonds is 1. The third-order valence-corrected chi connectivity index (χ3v) is 1.86. The average Bonchev–Trinajstić information content (AvgIpc) is 2.10. The van der Waals surface area contributed by atoms with E-state index in [1.807, 2.05) is 0 Å². The predicted molar refractivity (Wildman–Crippen MR) is 45.8 cm³/mol. The molecule has 0 radical (unpaired) electrons. The second-order valence-electron chi connectivity index (χ2n) is 2.86. The molecule has 78 valence electrons. The van der Waals surface area contributed by atoms with E-state index in [2.05, 4.69) is 10.6 Å².